The molecule has 3 N–H and O–H groups in total. The SMILES string of the molecule is Fc1cc[c-]cc1.OB(O)O.[K+]. The topological polar surface area (TPSA) is 60.7 Å². The zero-order valence-electron chi connectivity index (χ0n) is 6.61. The first kappa shape index (κ1) is 15.2. The second-order valence-corrected chi connectivity index (χ2v) is 1.56. The molecule has 0 fully saturated rings. The molecule has 0 aromatic heterocycles. The van der Waals surface area contributed by atoms with Crippen molar-refractivity contribution in [2.24, 2.45) is 0 Å². The molecule has 0 heterocycles. The zero-order chi connectivity index (χ0) is 8.69. The third-order valence-corrected chi connectivity index (χ3v) is 0.678. The van der Waals surface area contributed by atoms with Gasteiger partial charge in [0.2, 0.25) is 0 Å². The zero-order valence-corrected chi connectivity index (χ0v) is 9.73. The molecule has 0 saturated carbocycles. The van der Waals surface area contributed by atoms with Crippen LogP contribution in [0.5, 0.6) is 0 Å². The first-order valence-corrected chi connectivity index (χ1v) is 2.78. The quantitative estimate of drug-likeness (QED) is 0.299. The summed E-state index contributed by atoms with van der Waals surface area (Å²) in [6.45, 7) is 0. The second kappa shape index (κ2) is 9.82. The molecule has 12 heavy (non-hydrogen) atoms. The van der Waals surface area contributed by atoms with Gasteiger partial charge in [0.1, 0.15) is 0 Å². The third-order valence-electron chi connectivity index (χ3n) is 0.678. The number of rotatable bonds is 0. The van der Waals surface area contributed by atoms with Crippen molar-refractivity contribution in [2.45, 2.75) is 0 Å². The molecule has 1 rings (SSSR count). The van der Waals surface area contributed by atoms with Crippen LogP contribution in [0.4, 0.5) is 4.39 Å². The van der Waals surface area contributed by atoms with Crippen molar-refractivity contribution >= 4 is 7.32 Å². The average molecular weight is 196 g/mol. The molecule has 0 amide bonds. The van der Waals surface area contributed by atoms with E-state index in [1.807, 2.05) is 0 Å². The van der Waals surface area contributed by atoms with Gasteiger partial charge >= 0.3 is 58.7 Å². The number of hydrogen-bond donors (Lipinski definition) is 3. The Morgan fingerprint density at radius 2 is 1.50 bits per heavy atom. The minimum absolute atomic E-state index is 0. The summed E-state index contributed by atoms with van der Waals surface area (Å²) < 4.78 is 11.9. The molecule has 1 aromatic carbocycles. The molecule has 0 bridgehead atoms. The molecule has 0 aliphatic heterocycles. The van der Waals surface area contributed by atoms with E-state index >= 15 is 0 Å². The number of halogens is 1. The molecule has 3 nitrogen and oxygen atoms in total. The Morgan fingerprint density at radius 3 is 1.67 bits per heavy atom. The Hall–Kier alpha value is 0.731. The van der Waals surface area contributed by atoms with E-state index in [0.29, 0.717) is 0 Å². The third kappa shape index (κ3) is 13.3. The monoisotopic (exact) mass is 196 g/mol. The standard InChI is InChI=1S/C6H4F.BH3O3.K/c7-6-4-2-1-3-5-6;2-1(3)4;/h2-5H;2-4H;/q-1;;+1. The van der Waals surface area contributed by atoms with Crippen molar-refractivity contribution in [3.63, 3.8) is 0 Å². The molecule has 0 aliphatic carbocycles. The van der Waals surface area contributed by atoms with Crippen LogP contribution in [0.25, 0.3) is 0 Å². The predicted molar refractivity (Wildman–Crippen MR) is 37.6 cm³/mol. The fourth-order valence-electron chi connectivity index (χ4n) is 0.367. The number of benzene rings is 1. The molecule has 0 unspecified atom stereocenters. The van der Waals surface area contributed by atoms with Gasteiger partial charge in [0.05, 0.1) is 0 Å². The van der Waals surface area contributed by atoms with Crippen molar-refractivity contribution in [1.82, 2.24) is 0 Å². The Kier molecular flexibility index (Phi) is 12.4. The van der Waals surface area contributed by atoms with Crippen LogP contribution < -0.4 is 51.4 Å². The fraction of sp³-hybridized carbons (Fsp3) is 0. The number of hydrogen-bond acceptors (Lipinski definition) is 3. The maximum absolute atomic E-state index is 11.9. The largest absolute Gasteiger partial charge is 1.00 e. The van der Waals surface area contributed by atoms with Crippen LogP contribution >= 0.6 is 0 Å². The Labute approximate surface area is 113 Å². The van der Waals surface area contributed by atoms with Crippen molar-refractivity contribution < 1.29 is 70.8 Å². The first-order chi connectivity index (χ1) is 5.13. The smallest absolute Gasteiger partial charge is 0.402 e. The summed E-state index contributed by atoms with van der Waals surface area (Å²) in [5.74, 6) is -0.209. The maximum Gasteiger partial charge on any atom is 1.00 e. The predicted octanol–water partition coefficient (Wildman–Crippen LogP) is -3.42. The Balaban J connectivity index is 0. The van der Waals surface area contributed by atoms with Crippen molar-refractivity contribution in [3.8, 4) is 0 Å². The van der Waals surface area contributed by atoms with Gasteiger partial charge in [0.25, 0.3) is 0 Å². The summed E-state index contributed by atoms with van der Waals surface area (Å²) in [5, 5.41) is 21.5. The van der Waals surface area contributed by atoms with Gasteiger partial charge in [-0.1, -0.05) is 0 Å². The summed E-state index contributed by atoms with van der Waals surface area (Å²) in [4.78, 5) is 0. The molecule has 0 spiro atoms. The summed E-state index contributed by atoms with van der Waals surface area (Å²) in [7, 11) is -2.17. The maximum atomic E-state index is 11.9. The molecule has 60 valence electrons. The first-order valence-electron chi connectivity index (χ1n) is 2.78. The van der Waals surface area contributed by atoms with Gasteiger partial charge in [-0.15, -0.1) is 12.1 Å². The molecule has 0 atom stereocenters. The molecular formula is C6H7BFKO3. The van der Waals surface area contributed by atoms with E-state index in [9.17, 15) is 4.39 Å². The van der Waals surface area contributed by atoms with Crippen molar-refractivity contribution in [1.29, 1.82) is 0 Å². The van der Waals surface area contributed by atoms with Crippen LogP contribution in [0.3, 0.4) is 0 Å². The van der Waals surface area contributed by atoms with E-state index in [1.165, 1.54) is 24.3 Å². The van der Waals surface area contributed by atoms with E-state index in [2.05, 4.69) is 6.07 Å². The molecular weight excluding hydrogens is 189 g/mol. The minimum atomic E-state index is -2.17. The Bertz CT molecular complexity index is 183. The van der Waals surface area contributed by atoms with Crippen LogP contribution in [-0.2, 0) is 0 Å². The molecule has 0 saturated heterocycles. The normalized spacial score (nSPS) is 7.33. The molecule has 0 radical (unpaired) electrons. The molecule has 0 aliphatic rings. The van der Waals surface area contributed by atoms with Crippen LogP contribution in [-0.4, -0.2) is 22.4 Å². The van der Waals surface area contributed by atoms with E-state index in [-0.39, 0.29) is 57.2 Å². The van der Waals surface area contributed by atoms with Gasteiger partial charge in [-0.05, 0) is 0 Å². The van der Waals surface area contributed by atoms with E-state index in [4.69, 9.17) is 15.1 Å². The van der Waals surface area contributed by atoms with Gasteiger partial charge in [-0.2, -0.15) is 18.2 Å². The van der Waals surface area contributed by atoms with Gasteiger partial charge in [-0.3, -0.25) is 0 Å². The van der Waals surface area contributed by atoms with Gasteiger partial charge in [0, 0.05) is 5.82 Å². The van der Waals surface area contributed by atoms with E-state index in [0.717, 1.165) is 0 Å². The summed E-state index contributed by atoms with van der Waals surface area (Å²) in [6, 6.07) is 8.49. The van der Waals surface area contributed by atoms with Gasteiger partial charge < -0.3 is 15.1 Å². The van der Waals surface area contributed by atoms with Crippen LogP contribution in [0.2, 0.25) is 0 Å². The summed E-state index contributed by atoms with van der Waals surface area (Å²) in [6.07, 6.45) is 0. The van der Waals surface area contributed by atoms with Crippen molar-refractivity contribution in [2.75, 3.05) is 0 Å². The van der Waals surface area contributed by atoms with Crippen LogP contribution in [0.15, 0.2) is 24.3 Å². The molecule has 6 heteroatoms. The van der Waals surface area contributed by atoms with Crippen LogP contribution in [0.1, 0.15) is 0 Å². The van der Waals surface area contributed by atoms with Gasteiger partial charge in [0.15, 0.2) is 0 Å². The minimum Gasteiger partial charge on any atom is -0.402 e. The summed E-state index contributed by atoms with van der Waals surface area (Å²) >= 11 is 0. The van der Waals surface area contributed by atoms with Crippen molar-refractivity contribution in [3.05, 3.63) is 36.1 Å². The summed E-state index contributed by atoms with van der Waals surface area (Å²) in [5.41, 5.74) is 0. The second-order valence-electron chi connectivity index (χ2n) is 1.56. The van der Waals surface area contributed by atoms with Crippen LogP contribution in [0, 0.1) is 11.9 Å². The van der Waals surface area contributed by atoms with E-state index < -0.39 is 7.32 Å². The average Bonchev–Trinajstić information content (AvgIpc) is 1.87. The van der Waals surface area contributed by atoms with Gasteiger partial charge in [-0.25, -0.2) is 4.39 Å². The van der Waals surface area contributed by atoms with E-state index in [1.54, 1.807) is 0 Å². The Morgan fingerprint density at radius 1 is 1.17 bits per heavy atom. The molecule has 1 aromatic rings. The fourth-order valence-corrected chi connectivity index (χ4v) is 0.367.